The Balaban J connectivity index is 1.27. The van der Waals surface area contributed by atoms with Crippen molar-refractivity contribution in [2.45, 2.75) is 32.1 Å². The SMILES string of the molecule is CN1CCN(C(=O)OCN2C(=O)N=C(CCC(=O)N3Cc4cc(Cl)c(C(F)(F)F)cc4C3)C2=O)CC1. The van der Waals surface area contributed by atoms with Crippen LogP contribution in [-0.4, -0.2) is 89.2 Å². The summed E-state index contributed by atoms with van der Waals surface area (Å²) in [4.78, 5) is 58.7. The molecule has 1 fully saturated rings. The van der Waals surface area contributed by atoms with Crippen molar-refractivity contribution in [1.82, 2.24) is 19.6 Å². The van der Waals surface area contributed by atoms with Crippen molar-refractivity contribution in [3.8, 4) is 0 Å². The first-order valence-electron chi connectivity index (χ1n) is 11.1. The number of carbonyl (C=O) groups is 4. The summed E-state index contributed by atoms with van der Waals surface area (Å²) in [6.45, 7) is 1.75. The second-order valence-electron chi connectivity index (χ2n) is 8.75. The zero-order valence-corrected chi connectivity index (χ0v) is 20.1. The Bertz CT molecular complexity index is 1130. The molecule has 1 saturated heterocycles. The molecule has 0 aromatic heterocycles. The van der Waals surface area contributed by atoms with Gasteiger partial charge in [-0.05, 0) is 30.3 Å². The molecule has 0 radical (unpaired) electrons. The first-order chi connectivity index (χ1) is 16.9. The number of hydrogen-bond acceptors (Lipinski definition) is 6. The number of amides is 5. The largest absolute Gasteiger partial charge is 0.427 e. The van der Waals surface area contributed by atoms with Crippen LogP contribution in [0.2, 0.25) is 5.02 Å². The van der Waals surface area contributed by atoms with Crippen LogP contribution in [0.1, 0.15) is 29.5 Å². The van der Waals surface area contributed by atoms with Crippen LogP contribution in [0.4, 0.5) is 22.8 Å². The minimum absolute atomic E-state index is 0.0257. The summed E-state index contributed by atoms with van der Waals surface area (Å²) in [6.07, 6.45) is -5.58. The van der Waals surface area contributed by atoms with E-state index in [0.29, 0.717) is 42.2 Å². The van der Waals surface area contributed by atoms with Gasteiger partial charge >= 0.3 is 18.3 Å². The standard InChI is InChI=1S/C22H23ClF3N5O5/c1-28-4-6-29(7-5-28)21(35)36-12-31-19(33)17(27-20(31)34)2-3-18(32)30-10-13-8-15(22(24,25)26)16(23)9-14(13)11-30/h8-9H,2-7,10-12H2,1H3. The van der Waals surface area contributed by atoms with Crippen LogP contribution in [0.15, 0.2) is 17.1 Å². The number of aliphatic imine (C=N–C) groups is 1. The molecule has 10 nitrogen and oxygen atoms in total. The van der Waals surface area contributed by atoms with Gasteiger partial charge in [0.1, 0.15) is 5.71 Å². The van der Waals surface area contributed by atoms with Crippen LogP contribution in [0.25, 0.3) is 0 Å². The Labute approximate surface area is 209 Å². The Morgan fingerprint density at radius 1 is 1.06 bits per heavy atom. The average Bonchev–Trinajstić information content (AvgIpc) is 3.35. The van der Waals surface area contributed by atoms with Crippen molar-refractivity contribution in [2.24, 2.45) is 4.99 Å². The number of urea groups is 1. The number of benzene rings is 1. The lowest BCUT2D eigenvalue weighted by Crippen LogP contribution is -2.48. The Hall–Kier alpha value is -3.19. The van der Waals surface area contributed by atoms with Crippen LogP contribution < -0.4 is 0 Å². The Kier molecular flexibility index (Phi) is 7.23. The number of ether oxygens (including phenoxy) is 1. The minimum Gasteiger partial charge on any atom is -0.427 e. The molecule has 14 heteroatoms. The van der Waals surface area contributed by atoms with E-state index in [4.69, 9.17) is 16.3 Å². The molecular weight excluding hydrogens is 507 g/mol. The van der Waals surface area contributed by atoms with Crippen LogP contribution >= 0.6 is 11.6 Å². The molecule has 36 heavy (non-hydrogen) atoms. The predicted molar refractivity (Wildman–Crippen MR) is 120 cm³/mol. The summed E-state index contributed by atoms with van der Waals surface area (Å²) in [7, 11) is 1.93. The van der Waals surface area contributed by atoms with E-state index in [-0.39, 0.29) is 31.6 Å². The summed E-state index contributed by atoms with van der Waals surface area (Å²) in [5.41, 5.74) is -0.254. The first-order valence-corrected chi connectivity index (χ1v) is 11.5. The molecule has 0 atom stereocenters. The summed E-state index contributed by atoms with van der Waals surface area (Å²) in [5.74, 6) is -1.18. The molecule has 0 bridgehead atoms. The maximum Gasteiger partial charge on any atom is 0.417 e. The van der Waals surface area contributed by atoms with E-state index in [1.807, 2.05) is 7.05 Å². The number of halogens is 4. The Morgan fingerprint density at radius 3 is 2.33 bits per heavy atom. The molecule has 5 amide bonds. The third-order valence-electron chi connectivity index (χ3n) is 6.28. The highest BCUT2D eigenvalue weighted by molar-refractivity contribution is 6.46. The van der Waals surface area contributed by atoms with Gasteiger partial charge in [-0.25, -0.2) is 14.5 Å². The van der Waals surface area contributed by atoms with Gasteiger partial charge in [-0.3, -0.25) is 9.59 Å². The molecule has 0 unspecified atom stereocenters. The van der Waals surface area contributed by atoms with Gasteiger partial charge in [-0.1, -0.05) is 11.6 Å². The normalized spacial score (nSPS) is 18.6. The van der Waals surface area contributed by atoms with Gasteiger partial charge in [-0.15, -0.1) is 0 Å². The van der Waals surface area contributed by atoms with Gasteiger partial charge in [0.2, 0.25) is 5.91 Å². The van der Waals surface area contributed by atoms with Crippen molar-refractivity contribution < 1.29 is 37.1 Å². The van der Waals surface area contributed by atoms with Crippen molar-refractivity contribution in [3.05, 3.63) is 33.8 Å². The van der Waals surface area contributed by atoms with Gasteiger partial charge < -0.3 is 19.4 Å². The van der Waals surface area contributed by atoms with E-state index in [1.165, 1.54) is 15.9 Å². The molecule has 0 aliphatic carbocycles. The van der Waals surface area contributed by atoms with Crippen LogP contribution in [0.3, 0.4) is 0 Å². The quantitative estimate of drug-likeness (QED) is 0.581. The van der Waals surface area contributed by atoms with Gasteiger partial charge in [0.05, 0.1) is 10.6 Å². The van der Waals surface area contributed by atoms with Gasteiger partial charge in [0, 0.05) is 52.1 Å². The number of hydrogen-bond donors (Lipinski definition) is 0. The number of likely N-dealkylation sites (N-methyl/N-ethyl adjacent to an activating group) is 1. The predicted octanol–water partition coefficient (Wildman–Crippen LogP) is 2.73. The topological polar surface area (TPSA) is 103 Å². The van der Waals surface area contributed by atoms with Gasteiger partial charge in [0.25, 0.3) is 5.91 Å². The average molecular weight is 530 g/mol. The van der Waals surface area contributed by atoms with Crippen LogP contribution in [0, 0.1) is 0 Å². The van der Waals surface area contributed by atoms with Crippen LogP contribution in [-0.2, 0) is 33.6 Å². The molecule has 3 aliphatic rings. The number of alkyl halides is 3. The highest BCUT2D eigenvalue weighted by Crippen LogP contribution is 2.38. The highest BCUT2D eigenvalue weighted by atomic mass is 35.5. The molecular formula is C22H23ClF3N5O5. The van der Waals surface area contributed by atoms with Crippen molar-refractivity contribution in [2.75, 3.05) is 40.0 Å². The second kappa shape index (κ2) is 10.1. The first kappa shape index (κ1) is 25.9. The fourth-order valence-electron chi connectivity index (χ4n) is 4.14. The van der Waals surface area contributed by atoms with E-state index in [2.05, 4.69) is 9.89 Å². The van der Waals surface area contributed by atoms with Gasteiger partial charge in [-0.2, -0.15) is 18.2 Å². The summed E-state index contributed by atoms with van der Waals surface area (Å²) < 4.78 is 44.4. The summed E-state index contributed by atoms with van der Waals surface area (Å²) in [6, 6.07) is 1.25. The molecule has 194 valence electrons. The molecule has 3 heterocycles. The number of carbonyl (C=O) groups excluding carboxylic acids is 4. The molecule has 3 aliphatic heterocycles. The zero-order valence-electron chi connectivity index (χ0n) is 19.3. The van der Waals surface area contributed by atoms with E-state index < -0.39 is 47.4 Å². The van der Waals surface area contributed by atoms with Crippen molar-refractivity contribution in [1.29, 1.82) is 0 Å². The molecule has 1 aromatic rings. The summed E-state index contributed by atoms with van der Waals surface area (Å²) in [5, 5.41) is -0.437. The van der Waals surface area contributed by atoms with E-state index in [1.54, 1.807) is 0 Å². The zero-order chi connectivity index (χ0) is 26.2. The van der Waals surface area contributed by atoms with Crippen molar-refractivity contribution >= 4 is 41.3 Å². The maximum atomic E-state index is 13.1. The fourth-order valence-corrected chi connectivity index (χ4v) is 4.43. The minimum atomic E-state index is -4.61. The summed E-state index contributed by atoms with van der Waals surface area (Å²) >= 11 is 5.76. The monoisotopic (exact) mass is 529 g/mol. The number of piperazine rings is 1. The molecule has 0 N–H and O–H groups in total. The number of fused-ring (bicyclic) bond motifs is 1. The van der Waals surface area contributed by atoms with E-state index >= 15 is 0 Å². The fraction of sp³-hybridized carbons (Fsp3) is 0.500. The smallest absolute Gasteiger partial charge is 0.417 e. The third-order valence-corrected chi connectivity index (χ3v) is 6.59. The molecule has 1 aromatic carbocycles. The second-order valence-corrected chi connectivity index (χ2v) is 9.16. The van der Waals surface area contributed by atoms with Gasteiger partial charge in [0.15, 0.2) is 6.73 Å². The lowest BCUT2D eigenvalue weighted by Gasteiger charge is -2.31. The van der Waals surface area contributed by atoms with Crippen molar-refractivity contribution in [3.63, 3.8) is 0 Å². The maximum absolute atomic E-state index is 13.1. The molecule has 0 saturated carbocycles. The Morgan fingerprint density at radius 2 is 1.69 bits per heavy atom. The highest BCUT2D eigenvalue weighted by Gasteiger charge is 2.37. The molecule has 0 spiro atoms. The lowest BCUT2D eigenvalue weighted by atomic mass is 10.1. The third kappa shape index (κ3) is 5.46. The van der Waals surface area contributed by atoms with E-state index in [9.17, 15) is 32.3 Å². The number of nitrogens with zero attached hydrogens (tertiary/aromatic N) is 5. The van der Waals surface area contributed by atoms with Crippen LogP contribution in [0.5, 0.6) is 0 Å². The molecule has 4 rings (SSSR count). The number of imide groups is 1. The van der Waals surface area contributed by atoms with E-state index in [0.717, 1.165) is 6.07 Å². The number of rotatable bonds is 5. The lowest BCUT2D eigenvalue weighted by molar-refractivity contribution is -0.137.